The SMILES string of the molecule is CNC[C@H]1CCCN(C(=O)c2cc(Br)c3c(c2)OCO3)C1. The van der Waals surface area contributed by atoms with E-state index >= 15 is 0 Å². The van der Waals surface area contributed by atoms with E-state index in [2.05, 4.69) is 21.2 Å². The molecule has 2 aliphatic heterocycles. The third-order valence-electron chi connectivity index (χ3n) is 3.97. The molecule has 0 bridgehead atoms. The number of benzene rings is 1. The number of hydrogen-bond donors (Lipinski definition) is 1. The molecule has 0 saturated carbocycles. The Kier molecular flexibility index (Phi) is 4.35. The molecule has 1 amide bonds. The van der Waals surface area contributed by atoms with Gasteiger partial charge in [0.2, 0.25) is 6.79 Å². The van der Waals surface area contributed by atoms with E-state index in [-0.39, 0.29) is 12.7 Å². The number of piperidine rings is 1. The number of amides is 1. The first kappa shape index (κ1) is 14.7. The first-order valence-electron chi connectivity index (χ1n) is 7.22. The summed E-state index contributed by atoms with van der Waals surface area (Å²) in [5.74, 6) is 1.91. The lowest BCUT2D eigenvalue weighted by molar-refractivity contribution is 0.0674. The lowest BCUT2D eigenvalue weighted by Crippen LogP contribution is -2.42. The number of carbonyl (C=O) groups is 1. The molecule has 1 aromatic rings. The van der Waals surface area contributed by atoms with Crippen LogP contribution in [0.4, 0.5) is 0 Å². The molecule has 0 spiro atoms. The van der Waals surface area contributed by atoms with Crippen molar-refractivity contribution in [3.05, 3.63) is 22.2 Å². The Morgan fingerprint density at radius 3 is 3.14 bits per heavy atom. The van der Waals surface area contributed by atoms with Gasteiger partial charge in [-0.15, -0.1) is 0 Å². The summed E-state index contributed by atoms with van der Waals surface area (Å²) in [5.41, 5.74) is 0.649. The lowest BCUT2D eigenvalue weighted by Gasteiger charge is -2.32. The van der Waals surface area contributed by atoms with Crippen LogP contribution in [0.2, 0.25) is 0 Å². The quantitative estimate of drug-likeness (QED) is 0.904. The van der Waals surface area contributed by atoms with Crippen LogP contribution in [-0.2, 0) is 0 Å². The summed E-state index contributed by atoms with van der Waals surface area (Å²) in [6.07, 6.45) is 2.24. The molecule has 0 aromatic heterocycles. The first-order valence-corrected chi connectivity index (χ1v) is 8.01. The van der Waals surface area contributed by atoms with Crippen LogP contribution in [0.15, 0.2) is 16.6 Å². The number of likely N-dealkylation sites (tertiary alicyclic amines) is 1. The van der Waals surface area contributed by atoms with Crippen LogP contribution in [0.25, 0.3) is 0 Å². The second-order valence-corrected chi connectivity index (χ2v) is 6.36. The molecule has 0 aliphatic carbocycles. The molecule has 0 radical (unpaired) electrons. The highest BCUT2D eigenvalue weighted by atomic mass is 79.9. The van der Waals surface area contributed by atoms with Gasteiger partial charge in [0.15, 0.2) is 11.5 Å². The summed E-state index contributed by atoms with van der Waals surface area (Å²) in [7, 11) is 1.95. The van der Waals surface area contributed by atoms with E-state index in [0.717, 1.165) is 30.5 Å². The number of nitrogens with zero attached hydrogens (tertiary/aromatic N) is 1. The van der Waals surface area contributed by atoms with Gasteiger partial charge in [-0.05, 0) is 60.4 Å². The number of fused-ring (bicyclic) bond motifs is 1. The molecular weight excluding hydrogens is 336 g/mol. The molecule has 1 atom stereocenters. The van der Waals surface area contributed by atoms with E-state index in [0.29, 0.717) is 23.0 Å². The maximum absolute atomic E-state index is 12.7. The summed E-state index contributed by atoms with van der Waals surface area (Å²) < 4.78 is 11.5. The summed E-state index contributed by atoms with van der Waals surface area (Å²) >= 11 is 3.44. The van der Waals surface area contributed by atoms with Gasteiger partial charge >= 0.3 is 0 Å². The van der Waals surface area contributed by atoms with Crippen LogP contribution >= 0.6 is 15.9 Å². The fraction of sp³-hybridized carbons (Fsp3) is 0.533. The minimum absolute atomic E-state index is 0.0646. The standard InChI is InChI=1S/C15H19BrN2O3/c1-17-7-10-3-2-4-18(8-10)15(19)11-5-12(16)14-13(6-11)20-9-21-14/h5-6,10,17H,2-4,7-9H2,1H3/t10-/m1/s1. The molecule has 1 N–H and O–H groups in total. The molecule has 2 heterocycles. The zero-order valence-corrected chi connectivity index (χ0v) is 13.6. The van der Waals surface area contributed by atoms with Gasteiger partial charge in [0.1, 0.15) is 0 Å². The highest BCUT2D eigenvalue weighted by molar-refractivity contribution is 9.10. The number of nitrogens with one attached hydrogen (secondary N) is 1. The maximum atomic E-state index is 12.7. The van der Waals surface area contributed by atoms with E-state index in [1.165, 1.54) is 6.42 Å². The molecule has 2 aliphatic rings. The molecule has 5 nitrogen and oxygen atoms in total. The Balaban J connectivity index is 1.77. The highest BCUT2D eigenvalue weighted by Gasteiger charge is 2.26. The zero-order valence-electron chi connectivity index (χ0n) is 12.0. The Labute approximate surface area is 132 Å². The van der Waals surface area contributed by atoms with Crippen molar-refractivity contribution in [2.45, 2.75) is 12.8 Å². The van der Waals surface area contributed by atoms with E-state index in [4.69, 9.17) is 9.47 Å². The summed E-state index contributed by atoms with van der Waals surface area (Å²) in [6.45, 7) is 2.80. The van der Waals surface area contributed by atoms with Gasteiger partial charge in [-0.25, -0.2) is 0 Å². The van der Waals surface area contributed by atoms with Crippen LogP contribution in [0.5, 0.6) is 11.5 Å². The number of rotatable bonds is 3. The molecule has 21 heavy (non-hydrogen) atoms. The van der Waals surface area contributed by atoms with Gasteiger partial charge in [-0.1, -0.05) is 0 Å². The molecule has 114 valence electrons. The number of ether oxygens (including phenoxy) is 2. The monoisotopic (exact) mass is 354 g/mol. The van der Waals surface area contributed by atoms with Gasteiger partial charge in [0.25, 0.3) is 5.91 Å². The number of hydrogen-bond acceptors (Lipinski definition) is 4. The summed E-state index contributed by atoms with van der Waals surface area (Å²) in [6, 6.07) is 3.59. The largest absolute Gasteiger partial charge is 0.454 e. The lowest BCUT2D eigenvalue weighted by atomic mass is 9.97. The minimum atomic E-state index is 0.0646. The second kappa shape index (κ2) is 6.23. The average Bonchev–Trinajstić information content (AvgIpc) is 2.96. The van der Waals surface area contributed by atoms with Crippen molar-refractivity contribution < 1.29 is 14.3 Å². The topological polar surface area (TPSA) is 50.8 Å². The molecule has 0 unspecified atom stereocenters. The van der Waals surface area contributed by atoms with E-state index in [1.807, 2.05) is 18.0 Å². The second-order valence-electron chi connectivity index (χ2n) is 5.51. The Bertz CT molecular complexity index is 548. The van der Waals surface area contributed by atoms with E-state index < -0.39 is 0 Å². The minimum Gasteiger partial charge on any atom is -0.454 e. The third kappa shape index (κ3) is 3.01. The van der Waals surface area contributed by atoms with Gasteiger partial charge in [-0.2, -0.15) is 0 Å². The maximum Gasteiger partial charge on any atom is 0.254 e. The Morgan fingerprint density at radius 1 is 1.48 bits per heavy atom. The first-order chi connectivity index (χ1) is 10.2. The predicted octanol–water partition coefficient (Wildman–Crippen LogP) is 2.25. The molecule has 1 fully saturated rings. The fourth-order valence-electron chi connectivity index (χ4n) is 2.98. The zero-order chi connectivity index (χ0) is 14.8. The van der Waals surface area contributed by atoms with Crippen LogP contribution < -0.4 is 14.8 Å². The number of halogens is 1. The van der Waals surface area contributed by atoms with Gasteiger partial charge in [0, 0.05) is 18.7 Å². The van der Waals surface area contributed by atoms with Crippen molar-refractivity contribution in [2.75, 3.05) is 33.5 Å². The van der Waals surface area contributed by atoms with Crippen molar-refractivity contribution >= 4 is 21.8 Å². The van der Waals surface area contributed by atoms with E-state index in [1.54, 1.807) is 6.07 Å². The van der Waals surface area contributed by atoms with Crippen molar-refractivity contribution in [1.29, 1.82) is 0 Å². The van der Waals surface area contributed by atoms with Gasteiger partial charge in [-0.3, -0.25) is 4.79 Å². The molecule has 6 heteroatoms. The smallest absolute Gasteiger partial charge is 0.254 e. The third-order valence-corrected chi connectivity index (χ3v) is 4.56. The van der Waals surface area contributed by atoms with E-state index in [9.17, 15) is 4.79 Å². The highest BCUT2D eigenvalue weighted by Crippen LogP contribution is 2.40. The molecule has 3 rings (SSSR count). The van der Waals surface area contributed by atoms with Gasteiger partial charge in [0.05, 0.1) is 4.47 Å². The molecular formula is C15H19BrN2O3. The Hall–Kier alpha value is -1.27. The van der Waals surface area contributed by atoms with Crippen molar-refractivity contribution in [3.8, 4) is 11.5 Å². The van der Waals surface area contributed by atoms with Crippen molar-refractivity contribution in [3.63, 3.8) is 0 Å². The number of carbonyl (C=O) groups excluding carboxylic acids is 1. The molecule has 1 saturated heterocycles. The van der Waals surface area contributed by atoms with Crippen LogP contribution in [0.3, 0.4) is 0 Å². The van der Waals surface area contributed by atoms with Crippen molar-refractivity contribution in [1.82, 2.24) is 10.2 Å². The fourth-order valence-corrected chi connectivity index (χ4v) is 3.53. The van der Waals surface area contributed by atoms with Crippen molar-refractivity contribution in [2.24, 2.45) is 5.92 Å². The Morgan fingerprint density at radius 2 is 2.33 bits per heavy atom. The summed E-state index contributed by atoms with van der Waals surface area (Å²) in [4.78, 5) is 14.6. The predicted molar refractivity (Wildman–Crippen MR) is 82.8 cm³/mol. The van der Waals surface area contributed by atoms with Crippen LogP contribution in [0.1, 0.15) is 23.2 Å². The average molecular weight is 355 g/mol. The molecule has 1 aromatic carbocycles. The van der Waals surface area contributed by atoms with Crippen LogP contribution in [-0.4, -0.2) is 44.3 Å². The normalized spacial score (nSPS) is 20.7. The van der Waals surface area contributed by atoms with Gasteiger partial charge < -0.3 is 19.7 Å². The summed E-state index contributed by atoms with van der Waals surface area (Å²) in [5, 5.41) is 3.20. The van der Waals surface area contributed by atoms with Crippen LogP contribution in [0, 0.1) is 5.92 Å².